The van der Waals surface area contributed by atoms with Crippen molar-refractivity contribution in [2.45, 2.75) is 6.92 Å². The van der Waals surface area contributed by atoms with Crippen LogP contribution in [0.2, 0.25) is 5.02 Å². The molecule has 1 heterocycles. The third-order valence-corrected chi connectivity index (χ3v) is 2.67. The van der Waals surface area contributed by atoms with E-state index in [1.807, 2.05) is 6.92 Å². The van der Waals surface area contributed by atoms with Gasteiger partial charge in [-0.3, -0.25) is 4.79 Å². The van der Waals surface area contributed by atoms with E-state index in [2.05, 4.69) is 0 Å². The molecule has 0 radical (unpaired) electrons. The Kier molecular flexibility index (Phi) is 2.60. The largest absolute Gasteiger partial charge is 0.461 e. The lowest BCUT2D eigenvalue weighted by atomic mass is 10.0. The predicted octanol–water partition coefficient (Wildman–Crippen LogP) is 3.47. The molecule has 0 unspecified atom stereocenters. The Morgan fingerprint density at radius 2 is 2.07 bits per heavy atom. The highest BCUT2D eigenvalue weighted by Gasteiger charge is 2.14. The van der Waals surface area contributed by atoms with Gasteiger partial charge < -0.3 is 4.42 Å². The van der Waals surface area contributed by atoms with Gasteiger partial charge in [-0.15, -0.1) is 0 Å². The average molecular weight is 221 g/mol. The molecule has 0 fully saturated rings. The Hall–Kier alpha value is -1.54. The van der Waals surface area contributed by atoms with Gasteiger partial charge in [-0.05, 0) is 30.7 Å². The van der Waals surface area contributed by atoms with Crippen molar-refractivity contribution in [3.05, 3.63) is 58.5 Å². The zero-order valence-electron chi connectivity index (χ0n) is 8.16. The van der Waals surface area contributed by atoms with Crippen molar-refractivity contribution in [3.63, 3.8) is 0 Å². The molecule has 0 aliphatic heterocycles. The van der Waals surface area contributed by atoms with Crippen LogP contribution >= 0.6 is 11.6 Å². The van der Waals surface area contributed by atoms with E-state index in [0.717, 1.165) is 5.56 Å². The minimum atomic E-state index is -0.139. The number of furan rings is 1. The molecule has 0 bridgehead atoms. The van der Waals surface area contributed by atoms with Gasteiger partial charge in [0.15, 0.2) is 5.76 Å². The fourth-order valence-corrected chi connectivity index (χ4v) is 1.57. The van der Waals surface area contributed by atoms with Gasteiger partial charge in [-0.1, -0.05) is 23.7 Å². The second-order valence-corrected chi connectivity index (χ2v) is 3.63. The summed E-state index contributed by atoms with van der Waals surface area (Å²) >= 11 is 5.94. The second-order valence-electron chi connectivity index (χ2n) is 3.22. The van der Waals surface area contributed by atoms with E-state index in [1.165, 1.54) is 6.26 Å². The zero-order valence-corrected chi connectivity index (χ0v) is 8.91. The maximum Gasteiger partial charge on any atom is 0.228 e. The number of carbonyl (C=O) groups is 1. The van der Waals surface area contributed by atoms with E-state index in [0.29, 0.717) is 16.3 Å². The molecule has 2 aromatic rings. The highest BCUT2D eigenvalue weighted by Crippen LogP contribution is 2.21. The fourth-order valence-electron chi connectivity index (χ4n) is 1.39. The fraction of sp³-hybridized carbons (Fsp3) is 0.0833. The highest BCUT2D eigenvalue weighted by molar-refractivity contribution is 6.32. The third-order valence-electron chi connectivity index (χ3n) is 2.26. The summed E-state index contributed by atoms with van der Waals surface area (Å²) in [4.78, 5) is 11.9. The SMILES string of the molecule is Cc1c(Cl)cccc1C(=O)c1ccco1. The normalized spacial score (nSPS) is 10.3. The molecule has 0 atom stereocenters. The van der Waals surface area contributed by atoms with Crippen LogP contribution in [-0.4, -0.2) is 5.78 Å². The number of hydrogen-bond donors (Lipinski definition) is 0. The smallest absolute Gasteiger partial charge is 0.228 e. The van der Waals surface area contributed by atoms with Crippen molar-refractivity contribution < 1.29 is 9.21 Å². The molecule has 0 amide bonds. The van der Waals surface area contributed by atoms with E-state index in [9.17, 15) is 4.79 Å². The molecule has 2 rings (SSSR count). The molecule has 15 heavy (non-hydrogen) atoms. The molecular weight excluding hydrogens is 212 g/mol. The molecule has 3 heteroatoms. The molecule has 0 aliphatic carbocycles. The van der Waals surface area contributed by atoms with Crippen molar-refractivity contribution in [2.24, 2.45) is 0 Å². The quantitative estimate of drug-likeness (QED) is 0.726. The molecule has 2 nitrogen and oxygen atoms in total. The van der Waals surface area contributed by atoms with E-state index in [1.54, 1.807) is 30.3 Å². The van der Waals surface area contributed by atoms with E-state index in [-0.39, 0.29) is 5.78 Å². The number of hydrogen-bond acceptors (Lipinski definition) is 2. The summed E-state index contributed by atoms with van der Waals surface area (Å²) < 4.78 is 5.05. The Balaban J connectivity index is 2.47. The number of ketones is 1. The van der Waals surface area contributed by atoms with Gasteiger partial charge >= 0.3 is 0 Å². The molecule has 0 saturated heterocycles. The topological polar surface area (TPSA) is 30.2 Å². The predicted molar refractivity (Wildman–Crippen MR) is 58.3 cm³/mol. The van der Waals surface area contributed by atoms with Gasteiger partial charge in [-0.25, -0.2) is 0 Å². The van der Waals surface area contributed by atoms with Crippen molar-refractivity contribution in [1.29, 1.82) is 0 Å². The lowest BCUT2D eigenvalue weighted by Gasteiger charge is -2.03. The summed E-state index contributed by atoms with van der Waals surface area (Å²) in [5.74, 6) is 0.195. The molecule has 0 saturated carbocycles. The van der Waals surface area contributed by atoms with Crippen LogP contribution in [0.25, 0.3) is 0 Å². The number of carbonyl (C=O) groups excluding carboxylic acids is 1. The second kappa shape index (κ2) is 3.91. The number of halogens is 1. The van der Waals surface area contributed by atoms with Gasteiger partial charge in [0, 0.05) is 10.6 Å². The molecule has 0 N–H and O–H groups in total. The first-order valence-electron chi connectivity index (χ1n) is 4.53. The van der Waals surface area contributed by atoms with Gasteiger partial charge in [0.1, 0.15) is 0 Å². The third kappa shape index (κ3) is 1.81. The minimum absolute atomic E-state index is 0.139. The van der Waals surface area contributed by atoms with Gasteiger partial charge in [0.2, 0.25) is 5.78 Å². The summed E-state index contributed by atoms with van der Waals surface area (Å²) in [7, 11) is 0. The lowest BCUT2D eigenvalue weighted by molar-refractivity contribution is 0.101. The Morgan fingerprint density at radius 1 is 1.27 bits per heavy atom. The maximum atomic E-state index is 11.9. The van der Waals surface area contributed by atoms with Crippen LogP contribution < -0.4 is 0 Å². The van der Waals surface area contributed by atoms with Crippen LogP contribution in [0.15, 0.2) is 41.0 Å². The van der Waals surface area contributed by atoms with Crippen LogP contribution in [0.1, 0.15) is 21.7 Å². The zero-order chi connectivity index (χ0) is 10.8. The molecule has 0 aliphatic rings. The summed E-state index contributed by atoms with van der Waals surface area (Å²) in [5, 5.41) is 0.590. The average Bonchev–Trinajstić information content (AvgIpc) is 2.74. The first-order chi connectivity index (χ1) is 7.20. The summed E-state index contributed by atoms with van der Waals surface area (Å²) in [6.45, 7) is 1.82. The van der Waals surface area contributed by atoms with E-state index < -0.39 is 0 Å². The van der Waals surface area contributed by atoms with Gasteiger partial charge in [0.25, 0.3) is 0 Å². The minimum Gasteiger partial charge on any atom is -0.461 e. The molecular formula is C12H9ClO2. The first kappa shape index (κ1) is 9.99. The standard InChI is InChI=1S/C12H9ClO2/c1-8-9(4-2-5-10(8)13)12(14)11-6-3-7-15-11/h2-7H,1H3. The van der Waals surface area contributed by atoms with E-state index in [4.69, 9.17) is 16.0 Å². The Morgan fingerprint density at radius 3 is 2.73 bits per heavy atom. The number of benzene rings is 1. The van der Waals surface area contributed by atoms with Crippen LogP contribution in [0.4, 0.5) is 0 Å². The monoisotopic (exact) mass is 220 g/mol. The molecule has 1 aromatic carbocycles. The molecule has 1 aromatic heterocycles. The van der Waals surface area contributed by atoms with Crippen LogP contribution in [0.5, 0.6) is 0 Å². The highest BCUT2D eigenvalue weighted by atomic mass is 35.5. The van der Waals surface area contributed by atoms with Crippen LogP contribution in [-0.2, 0) is 0 Å². The summed E-state index contributed by atoms with van der Waals surface area (Å²) in [5.41, 5.74) is 1.36. The van der Waals surface area contributed by atoms with Crippen molar-refractivity contribution in [3.8, 4) is 0 Å². The van der Waals surface area contributed by atoms with E-state index >= 15 is 0 Å². The Bertz CT molecular complexity index is 486. The van der Waals surface area contributed by atoms with Crippen molar-refractivity contribution >= 4 is 17.4 Å². The van der Waals surface area contributed by atoms with Crippen molar-refractivity contribution in [2.75, 3.05) is 0 Å². The molecule has 76 valence electrons. The lowest BCUT2D eigenvalue weighted by Crippen LogP contribution is -2.02. The summed E-state index contributed by atoms with van der Waals surface area (Å²) in [6.07, 6.45) is 1.48. The first-order valence-corrected chi connectivity index (χ1v) is 4.91. The van der Waals surface area contributed by atoms with Gasteiger partial charge in [-0.2, -0.15) is 0 Å². The number of rotatable bonds is 2. The van der Waals surface area contributed by atoms with Gasteiger partial charge in [0.05, 0.1) is 6.26 Å². The summed E-state index contributed by atoms with van der Waals surface area (Å²) in [6, 6.07) is 8.59. The maximum absolute atomic E-state index is 11.9. The van der Waals surface area contributed by atoms with Crippen molar-refractivity contribution in [1.82, 2.24) is 0 Å². The molecule has 0 spiro atoms. The van der Waals surface area contributed by atoms with Crippen LogP contribution in [0, 0.1) is 6.92 Å². The van der Waals surface area contributed by atoms with Crippen LogP contribution in [0.3, 0.4) is 0 Å². The Labute approximate surface area is 92.5 Å².